The number of halogens is 1. The summed E-state index contributed by atoms with van der Waals surface area (Å²) in [5.41, 5.74) is 2.64. The van der Waals surface area contributed by atoms with Gasteiger partial charge in [-0.05, 0) is 60.0 Å². The summed E-state index contributed by atoms with van der Waals surface area (Å²) in [6.07, 6.45) is 2.72. The third-order valence-electron chi connectivity index (χ3n) is 5.62. The second kappa shape index (κ2) is 9.56. The molecule has 0 unspecified atom stereocenters. The Bertz CT molecular complexity index is 1360. The monoisotopic (exact) mass is 482 g/mol. The molecule has 0 aliphatic carbocycles. The Balaban J connectivity index is 1.54. The van der Waals surface area contributed by atoms with Crippen molar-refractivity contribution in [2.24, 2.45) is 0 Å². The summed E-state index contributed by atoms with van der Waals surface area (Å²) in [6.45, 7) is 1.44. The zero-order valence-corrected chi connectivity index (χ0v) is 19.2. The molecular weight excluding hydrogens is 459 g/mol. The number of aromatic carboxylic acids is 1. The predicted molar refractivity (Wildman–Crippen MR) is 128 cm³/mol. The molecule has 0 aromatic heterocycles. The van der Waals surface area contributed by atoms with Crippen LogP contribution in [0.5, 0.6) is 5.75 Å². The van der Waals surface area contributed by atoms with Gasteiger partial charge in [-0.15, -0.1) is 0 Å². The van der Waals surface area contributed by atoms with Crippen molar-refractivity contribution in [3.05, 3.63) is 89.8 Å². The van der Waals surface area contributed by atoms with E-state index >= 15 is 0 Å². The van der Waals surface area contributed by atoms with Crippen LogP contribution in [-0.2, 0) is 10.0 Å². The number of anilines is 2. The van der Waals surface area contributed by atoms with Crippen LogP contribution in [0.2, 0.25) is 0 Å². The van der Waals surface area contributed by atoms with Gasteiger partial charge in [-0.25, -0.2) is 17.6 Å². The Morgan fingerprint density at radius 1 is 1.09 bits per heavy atom. The minimum absolute atomic E-state index is 0.00645. The highest BCUT2D eigenvalue weighted by molar-refractivity contribution is 7.92. The summed E-state index contributed by atoms with van der Waals surface area (Å²) in [7, 11) is -3.00. The maximum absolute atomic E-state index is 14.9. The topological polar surface area (TPSA) is 95.9 Å². The largest absolute Gasteiger partial charge is 0.495 e. The van der Waals surface area contributed by atoms with Crippen molar-refractivity contribution in [1.29, 1.82) is 0 Å². The van der Waals surface area contributed by atoms with E-state index < -0.39 is 26.7 Å². The quantitative estimate of drug-likeness (QED) is 0.510. The number of hydrogen-bond acceptors (Lipinski definition) is 5. The summed E-state index contributed by atoms with van der Waals surface area (Å²) in [5, 5.41) is 9.10. The van der Waals surface area contributed by atoms with Gasteiger partial charge in [0.2, 0.25) is 0 Å². The number of methoxy groups -OCH3 is 1. The molecule has 3 aromatic carbocycles. The minimum atomic E-state index is -4.28. The number of para-hydroxylation sites is 1. The number of benzene rings is 3. The van der Waals surface area contributed by atoms with E-state index in [0.29, 0.717) is 18.5 Å². The molecule has 34 heavy (non-hydrogen) atoms. The van der Waals surface area contributed by atoms with Gasteiger partial charge in [0.05, 0.1) is 18.4 Å². The standard InChI is InChI=1S/C25H23FN2O5S/c1-33-23-16-19(25(29)30)7-9-22(23)27-34(31,32)24-10-8-18(15-21(24)26)17-11-13-28(14-12-17)20-5-3-2-4-6-20/h2-11,15-16,27H,12-14H2,1H3,(H,29,30). The lowest BCUT2D eigenvalue weighted by molar-refractivity contribution is 0.0696. The number of sulfonamides is 1. The maximum atomic E-state index is 14.9. The molecule has 0 saturated heterocycles. The van der Waals surface area contributed by atoms with E-state index in [1.54, 1.807) is 6.07 Å². The second-order valence-electron chi connectivity index (χ2n) is 7.73. The Kier molecular flexibility index (Phi) is 6.56. The number of carbonyl (C=O) groups is 1. The Morgan fingerprint density at radius 3 is 2.47 bits per heavy atom. The number of nitrogens with one attached hydrogen (secondary N) is 1. The number of carboxylic acids is 1. The minimum Gasteiger partial charge on any atom is -0.495 e. The van der Waals surface area contributed by atoms with Crippen LogP contribution in [-0.4, -0.2) is 39.7 Å². The molecule has 0 bridgehead atoms. The van der Waals surface area contributed by atoms with Crippen molar-refractivity contribution < 1.29 is 27.4 Å². The van der Waals surface area contributed by atoms with Gasteiger partial charge in [0, 0.05) is 18.8 Å². The fourth-order valence-corrected chi connectivity index (χ4v) is 4.96. The first kappa shape index (κ1) is 23.3. The van der Waals surface area contributed by atoms with Crippen LogP contribution >= 0.6 is 0 Å². The van der Waals surface area contributed by atoms with Crippen molar-refractivity contribution in [3.63, 3.8) is 0 Å². The van der Waals surface area contributed by atoms with Crippen LogP contribution < -0.4 is 14.4 Å². The summed E-state index contributed by atoms with van der Waals surface area (Å²) in [5.74, 6) is -2.05. The lowest BCUT2D eigenvalue weighted by atomic mass is 9.99. The molecule has 4 rings (SSSR count). The molecule has 0 saturated carbocycles. The molecule has 7 nitrogen and oxygen atoms in total. The van der Waals surface area contributed by atoms with Crippen molar-refractivity contribution in [2.75, 3.05) is 29.8 Å². The van der Waals surface area contributed by atoms with Crippen LogP contribution in [0.25, 0.3) is 5.57 Å². The molecule has 0 fully saturated rings. The van der Waals surface area contributed by atoms with Crippen molar-refractivity contribution in [3.8, 4) is 5.75 Å². The average molecular weight is 483 g/mol. The first-order valence-electron chi connectivity index (χ1n) is 10.5. The molecular formula is C25H23FN2O5S. The number of nitrogens with zero attached hydrogens (tertiary/aromatic N) is 1. The predicted octanol–water partition coefficient (Wildman–Crippen LogP) is 4.63. The number of rotatable bonds is 7. The zero-order valence-electron chi connectivity index (χ0n) is 18.4. The van der Waals surface area contributed by atoms with Crippen LogP contribution in [0.1, 0.15) is 22.3 Å². The van der Waals surface area contributed by atoms with Crippen molar-refractivity contribution in [2.45, 2.75) is 11.3 Å². The molecule has 0 spiro atoms. The van der Waals surface area contributed by atoms with Crippen molar-refractivity contribution >= 4 is 32.9 Å². The van der Waals surface area contributed by atoms with E-state index in [2.05, 4.69) is 9.62 Å². The third-order valence-corrected chi connectivity index (χ3v) is 7.01. The smallest absolute Gasteiger partial charge is 0.335 e. The highest BCUT2D eigenvalue weighted by atomic mass is 32.2. The highest BCUT2D eigenvalue weighted by Crippen LogP contribution is 2.31. The molecule has 176 valence electrons. The van der Waals surface area contributed by atoms with Gasteiger partial charge in [0.15, 0.2) is 0 Å². The number of carboxylic acid groups (broad SMARTS) is 1. The number of hydrogen-bond donors (Lipinski definition) is 2. The van der Waals surface area contributed by atoms with E-state index in [4.69, 9.17) is 9.84 Å². The summed E-state index contributed by atoms with van der Waals surface area (Å²) in [4.78, 5) is 12.8. The molecule has 0 radical (unpaired) electrons. The molecule has 1 aliphatic rings. The van der Waals surface area contributed by atoms with Gasteiger partial charge in [0.1, 0.15) is 16.5 Å². The molecule has 9 heteroatoms. The van der Waals surface area contributed by atoms with Gasteiger partial charge in [-0.2, -0.15) is 0 Å². The van der Waals surface area contributed by atoms with E-state index in [1.165, 1.54) is 37.4 Å². The van der Waals surface area contributed by atoms with Crippen LogP contribution in [0.4, 0.5) is 15.8 Å². The average Bonchev–Trinajstić information content (AvgIpc) is 2.84. The Morgan fingerprint density at radius 2 is 1.85 bits per heavy atom. The van der Waals surface area contributed by atoms with Gasteiger partial charge in [-0.3, -0.25) is 4.72 Å². The Hall–Kier alpha value is -3.85. The first-order valence-corrected chi connectivity index (χ1v) is 12.0. The van der Waals surface area contributed by atoms with Gasteiger partial charge < -0.3 is 14.7 Å². The van der Waals surface area contributed by atoms with Gasteiger partial charge >= 0.3 is 5.97 Å². The van der Waals surface area contributed by atoms with Gasteiger partial charge in [-0.1, -0.05) is 30.3 Å². The van der Waals surface area contributed by atoms with Gasteiger partial charge in [0.25, 0.3) is 10.0 Å². The van der Waals surface area contributed by atoms with Crippen LogP contribution in [0.15, 0.2) is 77.7 Å². The molecule has 0 atom stereocenters. The molecule has 2 N–H and O–H groups in total. The second-order valence-corrected chi connectivity index (χ2v) is 9.38. The fraction of sp³-hybridized carbons (Fsp3) is 0.160. The Labute approximate surface area is 197 Å². The highest BCUT2D eigenvalue weighted by Gasteiger charge is 2.23. The number of ether oxygens (including phenoxy) is 1. The van der Waals surface area contributed by atoms with Crippen LogP contribution in [0, 0.1) is 5.82 Å². The zero-order chi connectivity index (χ0) is 24.3. The fourth-order valence-electron chi connectivity index (χ4n) is 3.83. The summed E-state index contributed by atoms with van der Waals surface area (Å²) < 4.78 is 48.0. The van der Waals surface area contributed by atoms with E-state index in [0.717, 1.165) is 17.8 Å². The molecule has 0 amide bonds. The van der Waals surface area contributed by atoms with Crippen molar-refractivity contribution in [1.82, 2.24) is 0 Å². The lowest BCUT2D eigenvalue weighted by Crippen LogP contribution is -2.28. The lowest BCUT2D eigenvalue weighted by Gasteiger charge is -2.28. The molecule has 3 aromatic rings. The molecule has 1 heterocycles. The third kappa shape index (κ3) is 4.89. The molecule has 1 aliphatic heterocycles. The maximum Gasteiger partial charge on any atom is 0.335 e. The normalized spacial score (nSPS) is 13.8. The van der Waals surface area contributed by atoms with E-state index in [1.807, 2.05) is 36.4 Å². The summed E-state index contributed by atoms with van der Waals surface area (Å²) in [6, 6.07) is 17.7. The summed E-state index contributed by atoms with van der Waals surface area (Å²) >= 11 is 0. The SMILES string of the molecule is COc1cc(C(=O)O)ccc1NS(=O)(=O)c1ccc(C2=CCN(c3ccccc3)CC2)cc1F. The van der Waals surface area contributed by atoms with E-state index in [9.17, 15) is 17.6 Å². The van der Waals surface area contributed by atoms with Crippen LogP contribution in [0.3, 0.4) is 0 Å². The first-order chi connectivity index (χ1) is 16.3. The van der Waals surface area contributed by atoms with E-state index in [-0.39, 0.29) is 17.0 Å².